The molecule has 0 radical (unpaired) electrons. The molecule has 0 saturated carbocycles. The maximum absolute atomic E-state index is 12.6. The van der Waals surface area contributed by atoms with Crippen molar-refractivity contribution in [3.8, 4) is 0 Å². The summed E-state index contributed by atoms with van der Waals surface area (Å²) in [5, 5.41) is 13.0. The molecule has 0 bridgehead atoms. The Bertz CT molecular complexity index is 1200. The number of hydrogen-bond acceptors (Lipinski definition) is 6. The average Bonchev–Trinajstić information content (AvgIpc) is 3.13. The number of hydrogen-bond donors (Lipinski definition) is 4. The predicted molar refractivity (Wildman–Crippen MR) is 102 cm³/mol. The molecule has 1 amide bonds. The molecule has 3 aromatic rings. The molecular formula is C16H15N5O5S2. The molecule has 5 N–H and O–H groups in total. The third-order valence-corrected chi connectivity index (χ3v) is 5.87. The molecule has 0 atom stereocenters. The van der Waals surface area contributed by atoms with Crippen LogP contribution in [0.1, 0.15) is 10.4 Å². The van der Waals surface area contributed by atoms with Gasteiger partial charge in [0.1, 0.15) is 0 Å². The van der Waals surface area contributed by atoms with E-state index in [-0.39, 0.29) is 16.1 Å². The molecule has 0 unspecified atom stereocenters. The summed E-state index contributed by atoms with van der Waals surface area (Å²) in [6.07, 6.45) is 1.08. The average molecular weight is 421 g/mol. The van der Waals surface area contributed by atoms with E-state index in [9.17, 15) is 21.6 Å². The summed E-state index contributed by atoms with van der Waals surface area (Å²) >= 11 is 0. The van der Waals surface area contributed by atoms with Crippen LogP contribution in [0.3, 0.4) is 0 Å². The van der Waals surface area contributed by atoms with Gasteiger partial charge in [0, 0.05) is 11.4 Å². The zero-order valence-corrected chi connectivity index (χ0v) is 15.8. The molecule has 0 aliphatic heterocycles. The van der Waals surface area contributed by atoms with Crippen molar-refractivity contribution in [2.45, 2.75) is 9.92 Å². The first-order valence-corrected chi connectivity index (χ1v) is 10.8. The fraction of sp³-hybridized carbons (Fsp3) is 0. The number of amides is 1. The summed E-state index contributed by atoms with van der Waals surface area (Å²) in [6, 6.07) is 13.2. The lowest BCUT2D eigenvalue weighted by Gasteiger charge is -2.09. The number of carbonyl (C=O) groups is 1. The van der Waals surface area contributed by atoms with Crippen LogP contribution in [-0.2, 0) is 20.0 Å². The summed E-state index contributed by atoms with van der Waals surface area (Å²) in [7, 11) is -7.95. The topological polar surface area (TPSA) is 164 Å². The minimum Gasteiger partial charge on any atom is -0.322 e. The standard InChI is InChI=1S/C16H15N5O5S2/c17-27(23,24)13-8-6-11(7-9-13)19-15(22)14-10-18-20-16(14)28(25,26)21-12-4-2-1-3-5-12/h1-10,21H,(H,18,20)(H,19,22)(H2,17,23,24). The van der Waals surface area contributed by atoms with E-state index in [1.165, 1.54) is 24.3 Å². The number of carbonyl (C=O) groups excluding carboxylic acids is 1. The number of nitrogens with one attached hydrogen (secondary N) is 3. The van der Waals surface area contributed by atoms with Crippen molar-refractivity contribution in [1.82, 2.24) is 10.2 Å². The van der Waals surface area contributed by atoms with Crippen molar-refractivity contribution in [2.75, 3.05) is 10.0 Å². The third kappa shape index (κ3) is 4.36. The van der Waals surface area contributed by atoms with Crippen LogP contribution in [0.4, 0.5) is 11.4 Å². The van der Waals surface area contributed by atoms with E-state index < -0.39 is 31.0 Å². The smallest absolute Gasteiger partial charge is 0.279 e. The van der Waals surface area contributed by atoms with Gasteiger partial charge in [-0.25, -0.2) is 13.6 Å². The third-order valence-electron chi connectivity index (χ3n) is 3.58. The van der Waals surface area contributed by atoms with Crippen molar-refractivity contribution < 1.29 is 21.6 Å². The van der Waals surface area contributed by atoms with E-state index in [0.717, 1.165) is 6.20 Å². The van der Waals surface area contributed by atoms with Crippen molar-refractivity contribution in [2.24, 2.45) is 5.14 Å². The van der Waals surface area contributed by atoms with Crippen molar-refractivity contribution in [3.63, 3.8) is 0 Å². The van der Waals surface area contributed by atoms with Gasteiger partial charge in [-0.2, -0.15) is 13.5 Å². The van der Waals surface area contributed by atoms with Crippen molar-refractivity contribution >= 4 is 37.3 Å². The van der Waals surface area contributed by atoms with Crippen LogP contribution in [0.15, 0.2) is 70.7 Å². The molecule has 0 fully saturated rings. The molecule has 1 aromatic heterocycles. The second-order valence-corrected chi connectivity index (χ2v) is 8.79. The van der Waals surface area contributed by atoms with Crippen LogP contribution in [0.2, 0.25) is 0 Å². The summed E-state index contributed by atoms with van der Waals surface area (Å²) in [5.41, 5.74) is 0.360. The molecular weight excluding hydrogens is 406 g/mol. The fourth-order valence-electron chi connectivity index (χ4n) is 2.28. The SMILES string of the molecule is NS(=O)(=O)c1ccc(NC(=O)c2cn[nH]c2S(=O)(=O)Nc2ccccc2)cc1. The second-order valence-electron chi connectivity index (χ2n) is 5.61. The molecule has 0 aliphatic rings. The molecule has 0 spiro atoms. The number of H-pyrrole nitrogens is 1. The molecule has 1 heterocycles. The number of nitrogens with two attached hydrogens (primary N) is 1. The quantitative estimate of drug-likeness (QED) is 0.465. The van der Waals surface area contributed by atoms with Gasteiger partial charge in [-0.15, -0.1) is 0 Å². The van der Waals surface area contributed by atoms with E-state index in [0.29, 0.717) is 5.69 Å². The van der Waals surface area contributed by atoms with Gasteiger partial charge >= 0.3 is 0 Å². The number of anilines is 2. The number of sulfonamides is 2. The lowest BCUT2D eigenvalue weighted by molar-refractivity contribution is 0.102. The summed E-state index contributed by atoms with van der Waals surface area (Å²) in [5.74, 6) is -0.745. The Morgan fingerprint density at radius 1 is 0.929 bits per heavy atom. The van der Waals surface area contributed by atoms with E-state index in [1.54, 1.807) is 30.3 Å². The minimum atomic E-state index is -4.09. The Morgan fingerprint density at radius 3 is 2.18 bits per heavy atom. The highest BCUT2D eigenvalue weighted by atomic mass is 32.2. The first-order chi connectivity index (χ1) is 13.2. The largest absolute Gasteiger partial charge is 0.322 e. The molecule has 0 aliphatic carbocycles. The first kappa shape index (κ1) is 19.5. The zero-order chi connectivity index (χ0) is 20.4. The molecule has 28 heavy (non-hydrogen) atoms. The summed E-state index contributed by atoms with van der Waals surface area (Å²) in [4.78, 5) is 12.3. The number of nitrogens with zero attached hydrogens (tertiary/aromatic N) is 1. The van der Waals surface area contributed by atoms with E-state index >= 15 is 0 Å². The number of rotatable bonds is 6. The van der Waals surface area contributed by atoms with Gasteiger partial charge in [0.05, 0.1) is 16.7 Å². The van der Waals surface area contributed by atoms with Gasteiger partial charge in [0.25, 0.3) is 15.9 Å². The molecule has 3 rings (SSSR count). The number of primary sulfonamides is 1. The zero-order valence-electron chi connectivity index (χ0n) is 14.2. The van der Waals surface area contributed by atoms with Gasteiger partial charge in [0.15, 0.2) is 5.03 Å². The molecule has 2 aromatic carbocycles. The van der Waals surface area contributed by atoms with Crippen LogP contribution in [0.25, 0.3) is 0 Å². The maximum Gasteiger partial charge on any atom is 0.279 e. The maximum atomic E-state index is 12.6. The van der Waals surface area contributed by atoms with Crippen LogP contribution in [0.5, 0.6) is 0 Å². The normalized spacial score (nSPS) is 11.8. The van der Waals surface area contributed by atoms with Gasteiger partial charge in [-0.3, -0.25) is 14.6 Å². The van der Waals surface area contributed by atoms with Crippen LogP contribution in [0, 0.1) is 0 Å². The lowest BCUT2D eigenvalue weighted by Crippen LogP contribution is -2.20. The van der Waals surface area contributed by atoms with Crippen molar-refractivity contribution in [3.05, 3.63) is 66.4 Å². The number of aromatic amines is 1. The van der Waals surface area contributed by atoms with Gasteiger partial charge < -0.3 is 5.32 Å². The second kappa shape index (κ2) is 7.42. The van der Waals surface area contributed by atoms with Crippen LogP contribution >= 0.6 is 0 Å². The highest BCUT2D eigenvalue weighted by Gasteiger charge is 2.25. The molecule has 12 heteroatoms. The van der Waals surface area contributed by atoms with E-state index in [4.69, 9.17) is 5.14 Å². The van der Waals surface area contributed by atoms with Gasteiger partial charge in [-0.1, -0.05) is 18.2 Å². The highest BCUT2D eigenvalue weighted by Crippen LogP contribution is 2.19. The monoisotopic (exact) mass is 421 g/mol. The number of para-hydroxylation sites is 1. The highest BCUT2D eigenvalue weighted by molar-refractivity contribution is 7.92. The molecule has 10 nitrogen and oxygen atoms in total. The Labute approximate surface area is 160 Å². The predicted octanol–water partition coefficient (Wildman–Crippen LogP) is 1.11. The number of benzene rings is 2. The van der Waals surface area contributed by atoms with Crippen molar-refractivity contribution in [1.29, 1.82) is 0 Å². The summed E-state index contributed by atoms with van der Waals surface area (Å²) < 4.78 is 50.0. The lowest BCUT2D eigenvalue weighted by atomic mass is 10.3. The Balaban J connectivity index is 1.82. The van der Waals surface area contributed by atoms with E-state index in [2.05, 4.69) is 20.2 Å². The van der Waals surface area contributed by atoms with Gasteiger partial charge in [-0.05, 0) is 36.4 Å². The van der Waals surface area contributed by atoms with Crippen LogP contribution < -0.4 is 15.2 Å². The number of aromatic nitrogens is 2. The molecule has 0 saturated heterocycles. The fourth-order valence-corrected chi connectivity index (χ4v) is 3.95. The Morgan fingerprint density at radius 2 is 1.57 bits per heavy atom. The van der Waals surface area contributed by atoms with Crippen LogP contribution in [-0.4, -0.2) is 32.9 Å². The Hall–Kier alpha value is -3.22. The minimum absolute atomic E-state index is 0.121. The Kier molecular flexibility index (Phi) is 5.18. The molecule has 146 valence electrons. The first-order valence-electron chi connectivity index (χ1n) is 7.72. The van der Waals surface area contributed by atoms with Gasteiger partial charge in [0.2, 0.25) is 10.0 Å². The van der Waals surface area contributed by atoms with E-state index in [1.807, 2.05) is 0 Å². The summed E-state index contributed by atoms with van der Waals surface area (Å²) in [6.45, 7) is 0.